The van der Waals surface area contributed by atoms with Gasteiger partial charge >= 0.3 is 0 Å². The van der Waals surface area contributed by atoms with Gasteiger partial charge in [-0.2, -0.15) is 0 Å². The van der Waals surface area contributed by atoms with Crippen molar-refractivity contribution < 1.29 is 0 Å². The van der Waals surface area contributed by atoms with Gasteiger partial charge in [0.1, 0.15) is 0 Å². The Morgan fingerprint density at radius 3 is 1.72 bits per heavy atom. The third-order valence-corrected chi connectivity index (χ3v) is 13.0. The van der Waals surface area contributed by atoms with Crippen LogP contribution in [-0.2, 0) is 0 Å². The maximum atomic E-state index is 3.85. The Kier molecular flexibility index (Phi) is 7.78. The average molecular weight is 558 g/mol. The predicted molar refractivity (Wildman–Crippen MR) is 164 cm³/mol. The number of rotatable bonds is 4. The summed E-state index contributed by atoms with van der Waals surface area (Å²) in [5.41, 5.74) is 4.73. The fourth-order valence-electron chi connectivity index (χ4n) is 7.00. The van der Waals surface area contributed by atoms with Gasteiger partial charge in [0.15, 0.2) is 0 Å². The monoisotopic (exact) mass is 556 g/mol. The zero-order chi connectivity index (χ0) is 24.3. The van der Waals surface area contributed by atoms with Gasteiger partial charge in [-0.1, -0.05) is 142 Å². The minimum atomic E-state index is -0.219. The van der Waals surface area contributed by atoms with Crippen LogP contribution in [0.1, 0.15) is 77.0 Å². The highest BCUT2D eigenvalue weighted by Gasteiger charge is 2.33. The van der Waals surface area contributed by atoms with E-state index in [0.29, 0.717) is 0 Å². The molecule has 0 nitrogen and oxygen atoms in total. The fourth-order valence-corrected chi connectivity index (χ4v) is 11.5. The van der Waals surface area contributed by atoms with Crippen LogP contribution in [0.25, 0.3) is 32.7 Å². The molecule has 0 heterocycles. The Balaban J connectivity index is 1.61. The van der Waals surface area contributed by atoms with Crippen molar-refractivity contribution in [2.75, 3.05) is 0 Å². The Bertz CT molecular complexity index is 1310. The zero-order valence-electron chi connectivity index (χ0n) is 21.4. The highest BCUT2D eigenvalue weighted by atomic mass is 79.9. The molecule has 2 aliphatic carbocycles. The van der Waals surface area contributed by atoms with Crippen LogP contribution in [0.5, 0.6) is 0 Å². The van der Waals surface area contributed by atoms with Crippen LogP contribution in [0.3, 0.4) is 0 Å². The first kappa shape index (κ1) is 24.6. The largest absolute Gasteiger partial charge is 0.0683 e. The number of halogens is 1. The first-order chi connectivity index (χ1) is 17.8. The van der Waals surface area contributed by atoms with E-state index >= 15 is 0 Å². The van der Waals surface area contributed by atoms with Crippen molar-refractivity contribution in [3.8, 4) is 11.1 Å². The number of hydrogen-bond acceptors (Lipinski definition) is 0. The van der Waals surface area contributed by atoms with Crippen LogP contribution in [0.15, 0.2) is 77.3 Å². The van der Waals surface area contributed by atoms with Gasteiger partial charge in [-0.3, -0.25) is 0 Å². The molecule has 0 radical (unpaired) electrons. The molecule has 0 aromatic heterocycles. The molecule has 186 valence electrons. The van der Waals surface area contributed by atoms with E-state index < -0.39 is 0 Å². The number of hydrogen-bond donors (Lipinski definition) is 0. The second-order valence-corrected chi connectivity index (χ2v) is 14.6. The van der Waals surface area contributed by atoms with Crippen LogP contribution in [0, 0.1) is 0 Å². The molecular formula is C34H38BrP. The van der Waals surface area contributed by atoms with Gasteiger partial charge < -0.3 is 0 Å². The molecule has 0 aliphatic heterocycles. The SMILES string of the molecule is Brc1ccc(-c2c(P(C3CCCCCC3)C3CCCCCC3)ccc3ccccc23)c2ccccc12. The molecule has 2 saturated carbocycles. The van der Waals surface area contributed by atoms with Gasteiger partial charge in [0.05, 0.1) is 0 Å². The predicted octanol–water partition coefficient (Wildman–Crippen LogP) is 11.0. The maximum absolute atomic E-state index is 3.85. The van der Waals surface area contributed by atoms with Gasteiger partial charge in [0.2, 0.25) is 0 Å². The molecule has 36 heavy (non-hydrogen) atoms. The highest BCUT2D eigenvalue weighted by Crippen LogP contribution is 2.56. The van der Waals surface area contributed by atoms with Crippen molar-refractivity contribution in [2.45, 2.75) is 88.4 Å². The van der Waals surface area contributed by atoms with E-state index in [1.165, 1.54) is 114 Å². The summed E-state index contributed by atoms with van der Waals surface area (Å²) in [5.74, 6) is 0. The lowest BCUT2D eigenvalue weighted by atomic mass is 9.94. The molecule has 0 unspecified atom stereocenters. The molecular weight excluding hydrogens is 519 g/mol. The van der Waals surface area contributed by atoms with Crippen LogP contribution >= 0.6 is 23.9 Å². The van der Waals surface area contributed by atoms with Crippen LogP contribution in [0.2, 0.25) is 0 Å². The summed E-state index contributed by atoms with van der Waals surface area (Å²) in [4.78, 5) is 0. The lowest BCUT2D eigenvalue weighted by Gasteiger charge is -2.36. The number of benzene rings is 4. The van der Waals surface area contributed by atoms with Crippen molar-refractivity contribution in [2.24, 2.45) is 0 Å². The van der Waals surface area contributed by atoms with E-state index in [2.05, 4.69) is 88.7 Å². The minimum absolute atomic E-state index is 0.219. The summed E-state index contributed by atoms with van der Waals surface area (Å²) in [7, 11) is -0.219. The van der Waals surface area contributed by atoms with Gasteiger partial charge in [-0.15, -0.1) is 0 Å². The molecule has 2 heteroatoms. The Morgan fingerprint density at radius 2 is 1.08 bits per heavy atom. The normalized spacial score (nSPS) is 18.5. The second kappa shape index (κ2) is 11.4. The highest BCUT2D eigenvalue weighted by molar-refractivity contribution is 9.10. The van der Waals surface area contributed by atoms with Crippen molar-refractivity contribution in [1.29, 1.82) is 0 Å². The van der Waals surface area contributed by atoms with Gasteiger partial charge in [-0.25, -0.2) is 0 Å². The summed E-state index contributed by atoms with van der Waals surface area (Å²) in [6.45, 7) is 0. The molecule has 6 rings (SSSR count). The molecule has 0 saturated heterocycles. The summed E-state index contributed by atoms with van der Waals surface area (Å²) >= 11 is 3.85. The van der Waals surface area contributed by atoms with Crippen molar-refractivity contribution in [3.63, 3.8) is 0 Å². The molecule has 2 aliphatic rings. The minimum Gasteiger partial charge on any atom is -0.0683 e. The van der Waals surface area contributed by atoms with Gasteiger partial charge in [0, 0.05) is 4.47 Å². The summed E-state index contributed by atoms with van der Waals surface area (Å²) < 4.78 is 1.19. The Hall–Kier alpha value is -1.69. The van der Waals surface area contributed by atoms with E-state index in [-0.39, 0.29) is 7.92 Å². The van der Waals surface area contributed by atoms with Crippen molar-refractivity contribution >= 4 is 50.7 Å². The third-order valence-electron chi connectivity index (χ3n) is 8.76. The van der Waals surface area contributed by atoms with E-state index in [1.807, 2.05) is 0 Å². The zero-order valence-corrected chi connectivity index (χ0v) is 23.9. The van der Waals surface area contributed by atoms with Gasteiger partial charge in [-0.05, 0) is 81.0 Å². The standard InChI is InChI=1S/C34H38BrP/c35-32-23-22-31(29-19-11-12-20-30(29)32)34-28-18-10-9-13-25(28)21-24-33(34)36(26-14-5-1-2-6-15-26)27-16-7-3-4-8-17-27/h9-13,18-24,26-27H,1-8,14-17H2. The molecule has 2 fully saturated rings. The first-order valence-corrected chi connectivity index (χ1v) is 16.6. The number of fused-ring (bicyclic) bond motifs is 2. The van der Waals surface area contributed by atoms with Crippen LogP contribution < -0.4 is 5.30 Å². The second-order valence-electron chi connectivity index (χ2n) is 11.0. The summed E-state index contributed by atoms with van der Waals surface area (Å²) in [6.07, 6.45) is 17.2. The van der Waals surface area contributed by atoms with E-state index in [0.717, 1.165) is 11.3 Å². The topological polar surface area (TPSA) is 0 Å². The third kappa shape index (κ3) is 4.91. The Morgan fingerprint density at radius 1 is 0.528 bits per heavy atom. The van der Waals surface area contributed by atoms with E-state index in [1.54, 1.807) is 5.30 Å². The Labute approximate surface area is 226 Å². The smallest absolute Gasteiger partial charge is 0.0254 e. The molecule has 4 aromatic rings. The van der Waals surface area contributed by atoms with Gasteiger partial charge in [0.25, 0.3) is 0 Å². The van der Waals surface area contributed by atoms with Crippen LogP contribution in [-0.4, -0.2) is 11.3 Å². The first-order valence-electron chi connectivity index (χ1n) is 14.3. The van der Waals surface area contributed by atoms with E-state index in [4.69, 9.17) is 0 Å². The lowest BCUT2D eigenvalue weighted by Crippen LogP contribution is -2.24. The molecule has 4 aromatic carbocycles. The summed E-state index contributed by atoms with van der Waals surface area (Å²) in [5, 5.41) is 7.22. The molecule has 0 atom stereocenters. The van der Waals surface area contributed by atoms with E-state index in [9.17, 15) is 0 Å². The lowest BCUT2D eigenvalue weighted by molar-refractivity contribution is 0.669. The summed E-state index contributed by atoms with van der Waals surface area (Å²) in [6, 6.07) is 27.8. The molecule has 0 N–H and O–H groups in total. The average Bonchev–Trinajstić information content (AvgIpc) is 3.36. The van der Waals surface area contributed by atoms with Crippen molar-refractivity contribution in [3.05, 3.63) is 77.3 Å². The maximum Gasteiger partial charge on any atom is 0.0254 e. The molecule has 0 amide bonds. The quantitative estimate of drug-likeness (QED) is 0.173. The fraction of sp³-hybridized carbons (Fsp3) is 0.412. The van der Waals surface area contributed by atoms with Crippen molar-refractivity contribution in [1.82, 2.24) is 0 Å². The molecule has 0 bridgehead atoms. The van der Waals surface area contributed by atoms with Crippen LogP contribution in [0.4, 0.5) is 0 Å². The molecule has 0 spiro atoms.